The average molecular weight is 336 g/mol. The van der Waals surface area contributed by atoms with Gasteiger partial charge in [0.1, 0.15) is 11.5 Å². The van der Waals surface area contributed by atoms with Gasteiger partial charge >= 0.3 is 0 Å². The van der Waals surface area contributed by atoms with E-state index in [1.165, 1.54) is 70.6 Å². The summed E-state index contributed by atoms with van der Waals surface area (Å²) in [7, 11) is 1.62. The lowest BCUT2D eigenvalue weighted by molar-refractivity contribution is 0.304. The Labute approximate surface area is 148 Å². The van der Waals surface area contributed by atoms with Gasteiger partial charge in [-0.15, -0.1) is 0 Å². The first-order valence-electron chi connectivity index (χ1n) is 9.84. The van der Waals surface area contributed by atoms with Crippen molar-refractivity contribution in [1.29, 1.82) is 0 Å². The minimum Gasteiger partial charge on any atom is -0.495 e. The minimum atomic E-state index is 0.629. The molecule has 0 aliphatic rings. The van der Waals surface area contributed by atoms with Crippen LogP contribution < -0.4 is 15.2 Å². The summed E-state index contributed by atoms with van der Waals surface area (Å²) in [6, 6.07) is 5.60. The molecule has 1 rings (SSSR count). The molecule has 138 valence electrons. The molecule has 3 heteroatoms. The number of methoxy groups -OCH3 is 1. The number of anilines is 1. The largest absolute Gasteiger partial charge is 0.495 e. The molecular weight excluding hydrogens is 298 g/mol. The summed E-state index contributed by atoms with van der Waals surface area (Å²) < 4.78 is 10.9. The lowest BCUT2D eigenvalue weighted by atomic mass is 10.1. The van der Waals surface area contributed by atoms with Gasteiger partial charge in [-0.05, 0) is 18.6 Å². The number of nitrogen functional groups attached to an aromatic ring is 1. The van der Waals surface area contributed by atoms with Gasteiger partial charge in [0, 0.05) is 6.07 Å². The summed E-state index contributed by atoms with van der Waals surface area (Å²) >= 11 is 0. The van der Waals surface area contributed by atoms with E-state index in [0.717, 1.165) is 18.8 Å². The van der Waals surface area contributed by atoms with Gasteiger partial charge in [0.25, 0.3) is 0 Å². The average Bonchev–Trinajstić information content (AvgIpc) is 2.59. The van der Waals surface area contributed by atoms with Gasteiger partial charge in [-0.25, -0.2) is 0 Å². The zero-order chi connectivity index (χ0) is 17.5. The van der Waals surface area contributed by atoms with Gasteiger partial charge in [-0.3, -0.25) is 0 Å². The second-order valence-electron chi connectivity index (χ2n) is 6.64. The standard InChI is InChI=1S/C21H37NO2/c1-3-4-5-6-7-8-9-10-11-12-13-14-17-24-19-15-16-21(23-2)20(22)18-19/h15-16,18H,3-14,17,22H2,1-2H3. The monoisotopic (exact) mass is 335 g/mol. The first-order chi connectivity index (χ1) is 11.8. The van der Waals surface area contributed by atoms with Crippen molar-refractivity contribution < 1.29 is 9.47 Å². The van der Waals surface area contributed by atoms with E-state index < -0.39 is 0 Å². The first kappa shape index (κ1) is 20.7. The summed E-state index contributed by atoms with van der Waals surface area (Å²) in [5.41, 5.74) is 6.50. The molecule has 0 aromatic heterocycles. The molecule has 0 amide bonds. The Morgan fingerprint density at radius 3 is 1.83 bits per heavy atom. The van der Waals surface area contributed by atoms with E-state index in [2.05, 4.69) is 6.92 Å². The van der Waals surface area contributed by atoms with E-state index in [4.69, 9.17) is 15.2 Å². The van der Waals surface area contributed by atoms with Crippen molar-refractivity contribution in [2.75, 3.05) is 19.5 Å². The van der Waals surface area contributed by atoms with Crippen molar-refractivity contribution in [3.63, 3.8) is 0 Å². The van der Waals surface area contributed by atoms with E-state index in [0.29, 0.717) is 11.4 Å². The summed E-state index contributed by atoms with van der Waals surface area (Å²) in [6.45, 7) is 3.04. The number of ether oxygens (including phenoxy) is 2. The summed E-state index contributed by atoms with van der Waals surface area (Å²) in [6.07, 6.45) is 16.3. The molecule has 1 aromatic carbocycles. The molecular formula is C21H37NO2. The van der Waals surface area contributed by atoms with Crippen LogP contribution in [-0.4, -0.2) is 13.7 Å². The Morgan fingerprint density at radius 1 is 0.792 bits per heavy atom. The Kier molecular flexibility index (Phi) is 12.1. The van der Waals surface area contributed by atoms with Crippen LogP contribution in [0.15, 0.2) is 18.2 Å². The fourth-order valence-corrected chi connectivity index (χ4v) is 2.94. The molecule has 0 bridgehead atoms. The molecule has 0 saturated carbocycles. The maximum atomic E-state index is 5.87. The van der Waals surface area contributed by atoms with Crippen molar-refractivity contribution in [2.24, 2.45) is 0 Å². The van der Waals surface area contributed by atoms with Crippen molar-refractivity contribution in [2.45, 2.75) is 84.0 Å². The summed E-state index contributed by atoms with van der Waals surface area (Å²) in [5.74, 6) is 1.53. The molecule has 0 aliphatic heterocycles. The molecule has 24 heavy (non-hydrogen) atoms. The van der Waals surface area contributed by atoms with Crippen molar-refractivity contribution in [3.05, 3.63) is 18.2 Å². The molecule has 0 atom stereocenters. The van der Waals surface area contributed by atoms with E-state index >= 15 is 0 Å². The van der Waals surface area contributed by atoms with Crippen molar-refractivity contribution in [1.82, 2.24) is 0 Å². The number of hydrogen-bond donors (Lipinski definition) is 1. The third-order valence-electron chi connectivity index (χ3n) is 4.47. The molecule has 0 radical (unpaired) electrons. The van der Waals surface area contributed by atoms with Gasteiger partial charge in [-0.2, -0.15) is 0 Å². The first-order valence-corrected chi connectivity index (χ1v) is 9.84. The normalized spacial score (nSPS) is 10.8. The highest BCUT2D eigenvalue weighted by Gasteiger charge is 2.01. The van der Waals surface area contributed by atoms with E-state index in [1.807, 2.05) is 18.2 Å². The number of nitrogens with two attached hydrogens (primary N) is 1. The van der Waals surface area contributed by atoms with Crippen LogP contribution in [-0.2, 0) is 0 Å². The molecule has 0 unspecified atom stereocenters. The summed E-state index contributed by atoms with van der Waals surface area (Å²) in [5, 5.41) is 0. The van der Waals surface area contributed by atoms with E-state index in [9.17, 15) is 0 Å². The number of hydrogen-bond acceptors (Lipinski definition) is 3. The number of unbranched alkanes of at least 4 members (excludes halogenated alkanes) is 11. The number of benzene rings is 1. The molecule has 1 aromatic rings. The molecule has 0 spiro atoms. The van der Waals surface area contributed by atoms with Gasteiger partial charge in [0.2, 0.25) is 0 Å². The lowest BCUT2D eigenvalue weighted by Crippen LogP contribution is -1.99. The fourth-order valence-electron chi connectivity index (χ4n) is 2.94. The van der Waals surface area contributed by atoms with Crippen LogP contribution >= 0.6 is 0 Å². The fraction of sp³-hybridized carbons (Fsp3) is 0.714. The highest BCUT2D eigenvalue weighted by molar-refractivity contribution is 5.56. The molecule has 0 fully saturated rings. The van der Waals surface area contributed by atoms with Crippen LogP contribution in [0.25, 0.3) is 0 Å². The SMILES string of the molecule is CCCCCCCCCCCCCCOc1ccc(OC)c(N)c1. The molecule has 0 aliphatic carbocycles. The van der Waals surface area contributed by atoms with Crippen LogP contribution in [0.4, 0.5) is 5.69 Å². The van der Waals surface area contributed by atoms with Crippen LogP contribution in [0, 0.1) is 0 Å². The Morgan fingerprint density at radius 2 is 1.33 bits per heavy atom. The highest BCUT2D eigenvalue weighted by Crippen LogP contribution is 2.26. The molecule has 3 nitrogen and oxygen atoms in total. The Hall–Kier alpha value is -1.38. The van der Waals surface area contributed by atoms with Crippen LogP contribution in [0.2, 0.25) is 0 Å². The maximum absolute atomic E-state index is 5.87. The van der Waals surface area contributed by atoms with Gasteiger partial charge in [0.15, 0.2) is 0 Å². The predicted molar refractivity (Wildman–Crippen MR) is 104 cm³/mol. The Bertz CT molecular complexity index is 420. The molecule has 2 N–H and O–H groups in total. The van der Waals surface area contributed by atoms with Gasteiger partial charge in [-0.1, -0.05) is 77.6 Å². The van der Waals surface area contributed by atoms with E-state index in [1.54, 1.807) is 7.11 Å². The third-order valence-corrected chi connectivity index (χ3v) is 4.47. The third kappa shape index (κ3) is 9.69. The zero-order valence-corrected chi connectivity index (χ0v) is 15.8. The number of rotatable bonds is 15. The highest BCUT2D eigenvalue weighted by atomic mass is 16.5. The lowest BCUT2D eigenvalue weighted by Gasteiger charge is -2.09. The van der Waals surface area contributed by atoms with Gasteiger partial charge in [0.05, 0.1) is 19.4 Å². The van der Waals surface area contributed by atoms with Crippen LogP contribution in [0.1, 0.15) is 84.0 Å². The smallest absolute Gasteiger partial charge is 0.142 e. The Balaban J connectivity index is 1.89. The van der Waals surface area contributed by atoms with Gasteiger partial charge < -0.3 is 15.2 Å². The second kappa shape index (κ2) is 14.0. The molecule has 0 saturated heterocycles. The quantitative estimate of drug-likeness (QED) is 0.300. The predicted octanol–water partition coefficient (Wildman–Crippen LogP) is 6.36. The maximum Gasteiger partial charge on any atom is 0.142 e. The van der Waals surface area contributed by atoms with E-state index in [-0.39, 0.29) is 0 Å². The minimum absolute atomic E-state index is 0.629. The zero-order valence-electron chi connectivity index (χ0n) is 15.8. The topological polar surface area (TPSA) is 44.5 Å². The molecule has 0 heterocycles. The van der Waals surface area contributed by atoms with Crippen molar-refractivity contribution >= 4 is 5.69 Å². The van der Waals surface area contributed by atoms with Crippen LogP contribution in [0.3, 0.4) is 0 Å². The van der Waals surface area contributed by atoms with Crippen LogP contribution in [0.5, 0.6) is 11.5 Å². The van der Waals surface area contributed by atoms with Crippen molar-refractivity contribution in [3.8, 4) is 11.5 Å². The second-order valence-corrected chi connectivity index (χ2v) is 6.64. The summed E-state index contributed by atoms with van der Waals surface area (Å²) in [4.78, 5) is 0.